The minimum atomic E-state index is -1.32. The molecule has 9 heteroatoms. The van der Waals surface area contributed by atoms with E-state index in [4.69, 9.17) is 4.74 Å². The van der Waals surface area contributed by atoms with Crippen LogP contribution in [0.4, 0.5) is 14.5 Å². The quantitative estimate of drug-likeness (QED) is 0.597. The summed E-state index contributed by atoms with van der Waals surface area (Å²) in [5.74, 6) is -5.06. The van der Waals surface area contributed by atoms with E-state index in [0.717, 1.165) is 29.9 Å². The van der Waals surface area contributed by atoms with Gasteiger partial charge in [-0.15, -0.1) is 0 Å². The van der Waals surface area contributed by atoms with Crippen LogP contribution in [0.25, 0.3) is 0 Å². The monoisotopic (exact) mass is 408 g/mol. The maximum atomic E-state index is 13.7. The lowest BCUT2D eigenvalue weighted by atomic mass is 9.81. The summed E-state index contributed by atoms with van der Waals surface area (Å²) in [6.45, 7) is 2.65. The molecule has 1 aliphatic heterocycles. The third-order valence-corrected chi connectivity index (χ3v) is 5.45. The van der Waals surface area contributed by atoms with Crippen LogP contribution in [0.3, 0.4) is 0 Å². The van der Waals surface area contributed by atoms with E-state index < -0.39 is 47.5 Å². The summed E-state index contributed by atoms with van der Waals surface area (Å²) >= 11 is 0. The van der Waals surface area contributed by atoms with E-state index in [0.29, 0.717) is 18.9 Å². The molecule has 1 saturated heterocycles. The second-order valence-electron chi connectivity index (χ2n) is 7.41. The Balaban J connectivity index is 1.62. The van der Waals surface area contributed by atoms with Gasteiger partial charge in [0.05, 0.1) is 17.5 Å². The SMILES string of the molecule is C[C@@H](OC(=O)[C@H](C)N1C(=O)[C@H]2CCCC[C@@H]2C1=O)C(=O)Nc1ccc(F)cc1F. The molecule has 1 N–H and O–H groups in total. The summed E-state index contributed by atoms with van der Waals surface area (Å²) in [6, 6.07) is 1.46. The number of anilines is 1. The average molecular weight is 408 g/mol. The molecule has 3 rings (SSSR count). The van der Waals surface area contributed by atoms with Gasteiger partial charge in [0.15, 0.2) is 6.10 Å². The van der Waals surface area contributed by atoms with Crippen LogP contribution in [0.2, 0.25) is 0 Å². The zero-order valence-corrected chi connectivity index (χ0v) is 16.1. The summed E-state index contributed by atoms with van der Waals surface area (Å²) in [6.07, 6.45) is 1.66. The van der Waals surface area contributed by atoms with Gasteiger partial charge in [-0.1, -0.05) is 12.8 Å². The molecule has 1 heterocycles. The molecule has 0 unspecified atom stereocenters. The number of carbonyl (C=O) groups is 4. The van der Waals surface area contributed by atoms with Crippen LogP contribution in [0.5, 0.6) is 0 Å². The number of nitrogens with one attached hydrogen (secondary N) is 1. The number of hydrogen-bond donors (Lipinski definition) is 1. The van der Waals surface area contributed by atoms with E-state index in [1.54, 1.807) is 0 Å². The van der Waals surface area contributed by atoms with Crippen molar-refractivity contribution >= 4 is 29.4 Å². The average Bonchev–Trinajstić information content (AvgIpc) is 2.94. The summed E-state index contributed by atoms with van der Waals surface area (Å²) in [4.78, 5) is 50.7. The standard InChI is InChI=1S/C20H22F2N2O5/c1-10(24-18(26)13-5-3-4-6-14(13)19(24)27)20(28)29-11(2)17(25)23-16-8-7-12(21)9-15(16)22/h7-11,13-14H,3-6H2,1-2H3,(H,23,25)/t10-,11+,13-,14-/m0/s1. The predicted molar refractivity (Wildman–Crippen MR) is 97.3 cm³/mol. The van der Waals surface area contributed by atoms with Gasteiger partial charge in [0.2, 0.25) is 11.8 Å². The van der Waals surface area contributed by atoms with E-state index >= 15 is 0 Å². The summed E-state index contributed by atoms with van der Waals surface area (Å²) < 4.78 is 31.7. The van der Waals surface area contributed by atoms with Crippen molar-refractivity contribution in [3.8, 4) is 0 Å². The van der Waals surface area contributed by atoms with Crippen molar-refractivity contribution in [2.75, 3.05) is 5.32 Å². The van der Waals surface area contributed by atoms with Gasteiger partial charge in [-0.2, -0.15) is 0 Å². The van der Waals surface area contributed by atoms with Crippen molar-refractivity contribution in [3.63, 3.8) is 0 Å². The van der Waals surface area contributed by atoms with Gasteiger partial charge in [-0.3, -0.25) is 19.3 Å². The van der Waals surface area contributed by atoms with Crippen LogP contribution in [0, 0.1) is 23.5 Å². The molecule has 29 heavy (non-hydrogen) atoms. The zero-order valence-electron chi connectivity index (χ0n) is 16.1. The zero-order chi connectivity index (χ0) is 21.3. The number of imide groups is 1. The maximum Gasteiger partial charge on any atom is 0.329 e. The Kier molecular flexibility index (Phi) is 5.95. The third-order valence-electron chi connectivity index (χ3n) is 5.45. The van der Waals surface area contributed by atoms with Gasteiger partial charge >= 0.3 is 5.97 Å². The molecule has 1 aromatic rings. The van der Waals surface area contributed by atoms with E-state index in [9.17, 15) is 28.0 Å². The highest BCUT2D eigenvalue weighted by Gasteiger charge is 2.51. The number of esters is 1. The first kappa shape index (κ1) is 20.9. The first-order valence-electron chi connectivity index (χ1n) is 9.54. The van der Waals surface area contributed by atoms with Crippen molar-refractivity contribution < 1.29 is 32.7 Å². The molecular formula is C20H22F2N2O5. The van der Waals surface area contributed by atoms with E-state index in [2.05, 4.69) is 5.32 Å². The Morgan fingerprint density at radius 2 is 1.69 bits per heavy atom. The number of rotatable bonds is 5. The molecule has 0 aromatic heterocycles. The number of hydrogen-bond acceptors (Lipinski definition) is 5. The highest BCUT2D eigenvalue weighted by Crippen LogP contribution is 2.39. The van der Waals surface area contributed by atoms with Crippen LogP contribution in [0.15, 0.2) is 18.2 Å². The van der Waals surface area contributed by atoms with Gasteiger partial charge in [-0.05, 0) is 38.8 Å². The summed E-state index contributed by atoms with van der Waals surface area (Å²) in [7, 11) is 0. The molecule has 1 saturated carbocycles. The Hall–Kier alpha value is -2.84. The Labute approximate surface area is 166 Å². The number of nitrogens with zero attached hydrogens (tertiary/aromatic N) is 1. The highest BCUT2D eigenvalue weighted by molar-refractivity contribution is 6.08. The van der Waals surface area contributed by atoms with E-state index in [1.165, 1.54) is 13.8 Å². The number of fused-ring (bicyclic) bond motifs is 1. The smallest absolute Gasteiger partial charge is 0.329 e. The lowest BCUT2D eigenvalue weighted by molar-refractivity contribution is -0.163. The maximum absolute atomic E-state index is 13.7. The second kappa shape index (κ2) is 8.26. The highest BCUT2D eigenvalue weighted by atomic mass is 19.1. The van der Waals surface area contributed by atoms with E-state index in [1.807, 2.05) is 0 Å². The molecule has 1 aromatic carbocycles. The van der Waals surface area contributed by atoms with Gasteiger partial charge in [0.1, 0.15) is 17.7 Å². The third kappa shape index (κ3) is 4.13. The van der Waals surface area contributed by atoms with Crippen molar-refractivity contribution in [3.05, 3.63) is 29.8 Å². The molecule has 3 amide bonds. The molecule has 2 fully saturated rings. The fraction of sp³-hybridized carbons (Fsp3) is 0.500. The molecule has 0 spiro atoms. The van der Waals surface area contributed by atoms with Crippen molar-refractivity contribution in [1.29, 1.82) is 0 Å². The van der Waals surface area contributed by atoms with Crippen LogP contribution in [-0.2, 0) is 23.9 Å². The molecule has 156 valence electrons. The van der Waals surface area contributed by atoms with Crippen LogP contribution in [0.1, 0.15) is 39.5 Å². The first-order valence-corrected chi connectivity index (χ1v) is 9.54. The lowest BCUT2D eigenvalue weighted by Crippen LogP contribution is -2.46. The van der Waals surface area contributed by atoms with Crippen LogP contribution < -0.4 is 5.32 Å². The number of ether oxygens (including phenoxy) is 1. The Morgan fingerprint density at radius 1 is 1.10 bits per heavy atom. The van der Waals surface area contributed by atoms with Crippen molar-refractivity contribution in [2.24, 2.45) is 11.8 Å². The van der Waals surface area contributed by atoms with Crippen LogP contribution in [-0.4, -0.2) is 40.7 Å². The molecule has 4 atom stereocenters. The number of halogens is 2. The summed E-state index contributed by atoms with van der Waals surface area (Å²) in [5, 5.41) is 2.20. The number of carbonyl (C=O) groups excluding carboxylic acids is 4. The van der Waals surface area contributed by atoms with Gasteiger partial charge < -0.3 is 10.1 Å². The molecule has 2 aliphatic rings. The normalized spacial score (nSPS) is 23.4. The largest absolute Gasteiger partial charge is 0.451 e. The first-order chi connectivity index (χ1) is 13.7. The molecule has 7 nitrogen and oxygen atoms in total. The fourth-order valence-electron chi connectivity index (χ4n) is 3.83. The number of likely N-dealkylation sites (tertiary alicyclic amines) is 1. The molecule has 0 bridgehead atoms. The van der Waals surface area contributed by atoms with Gasteiger partial charge in [0.25, 0.3) is 5.91 Å². The second-order valence-corrected chi connectivity index (χ2v) is 7.41. The van der Waals surface area contributed by atoms with Crippen LogP contribution >= 0.6 is 0 Å². The van der Waals surface area contributed by atoms with Gasteiger partial charge in [-0.25, -0.2) is 13.6 Å². The van der Waals surface area contributed by atoms with Crippen molar-refractivity contribution in [1.82, 2.24) is 4.90 Å². The minimum absolute atomic E-state index is 0.263. The lowest BCUT2D eigenvalue weighted by Gasteiger charge is -2.23. The minimum Gasteiger partial charge on any atom is -0.451 e. The Morgan fingerprint density at radius 3 is 2.24 bits per heavy atom. The number of amides is 3. The van der Waals surface area contributed by atoms with Gasteiger partial charge in [0, 0.05) is 6.07 Å². The molecular weight excluding hydrogens is 386 g/mol. The topological polar surface area (TPSA) is 92.8 Å². The Bertz CT molecular complexity index is 835. The van der Waals surface area contributed by atoms with E-state index in [-0.39, 0.29) is 17.5 Å². The van der Waals surface area contributed by atoms with Crippen molar-refractivity contribution in [2.45, 2.75) is 51.7 Å². The fourth-order valence-corrected chi connectivity index (χ4v) is 3.83. The molecule has 1 aliphatic carbocycles. The summed E-state index contributed by atoms with van der Waals surface area (Å²) in [5.41, 5.74) is -0.263. The number of benzene rings is 1. The molecule has 0 radical (unpaired) electrons. The predicted octanol–water partition coefficient (Wildman–Crippen LogP) is 2.40.